The molecule has 34 heavy (non-hydrogen) atoms. The highest BCUT2D eigenvalue weighted by molar-refractivity contribution is 6.11. The first-order valence-electron chi connectivity index (χ1n) is 11.2. The first-order valence-corrected chi connectivity index (χ1v) is 11.2. The molecule has 0 aliphatic carbocycles. The number of ether oxygens (including phenoxy) is 1. The molecule has 2 aliphatic rings. The van der Waals surface area contributed by atoms with Gasteiger partial charge in [0.1, 0.15) is 24.4 Å². The Labute approximate surface area is 197 Å². The molecule has 1 saturated heterocycles. The van der Waals surface area contributed by atoms with Gasteiger partial charge in [-0.3, -0.25) is 19.4 Å². The van der Waals surface area contributed by atoms with Gasteiger partial charge in [-0.25, -0.2) is 4.79 Å². The maximum Gasteiger partial charge on any atom is 0.325 e. The summed E-state index contributed by atoms with van der Waals surface area (Å²) in [7, 11) is 0. The van der Waals surface area contributed by atoms with Crippen molar-refractivity contribution in [1.82, 2.24) is 10.2 Å². The number of anilines is 1. The minimum atomic E-state index is -1.23. The molecule has 3 aromatic rings. The third-order valence-corrected chi connectivity index (χ3v) is 6.48. The number of amides is 4. The number of para-hydroxylation sites is 2. The van der Waals surface area contributed by atoms with Crippen LogP contribution >= 0.6 is 0 Å². The second kappa shape index (κ2) is 8.33. The molecule has 7 heteroatoms. The number of carbonyl (C=O) groups is 3. The van der Waals surface area contributed by atoms with Gasteiger partial charge in [0.25, 0.3) is 5.91 Å². The summed E-state index contributed by atoms with van der Waals surface area (Å²) in [4.78, 5) is 42.6. The summed E-state index contributed by atoms with van der Waals surface area (Å²) < 4.78 is 5.93. The Bertz CT molecular complexity index is 1260. The van der Waals surface area contributed by atoms with E-state index in [1.165, 1.54) is 0 Å². The molecule has 2 atom stereocenters. The molecule has 0 bridgehead atoms. The maximum absolute atomic E-state index is 13.7. The van der Waals surface area contributed by atoms with E-state index >= 15 is 0 Å². The lowest BCUT2D eigenvalue weighted by atomic mass is 9.91. The quantitative estimate of drug-likeness (QED) is 0.605. The lowest BCUT2D eigenvalue weighted by Crippen LogP contribution is -2.48. The largest absolute Gasteiger partial charge is 0.489 e. The van der Waals surface area contributed by atoms with Crippen LogP contribution in [0.25, 0.3) is 0 Å². The van der Waals surface area contributed by atoms with Crippen molar-refractivity contribution in [2.45, 2.75) is 25.4 Å². The second-order valence-corrected chi connectivity index (χ2v) is 8.78. The summed E-state index contributed by atoms with van der Waals surface area (Å²) in [6.07, 6.45) is 0. The zero-order chi connectivity index (χ0) is 23.9. The molecule has 5 rings (SSSR count). The van der Waals surface area contributed by atoms with E-state index in [-0.39, 0.29) is 25.1 Å². The van der Waals surface area contributed by atoms with Crippen molar-refractivity contribution in [3.63, 3.8) is 0 Å². The van der Waals surface area contributed by atoms with E-state index in [4.69, 9.17) is 4.74 Å². The van der Waals surface area contributed by atoms with Gasteiger partial charge in [-0.05, 0) is 37.1 Å². The number of aryl methyl sites for hydroxylation is 1. The maximum atomic E-state index is 13.7. The number of hydrogen-bond donors (Lipinski definition) is 1. The van der Waals surface area contributed by atoms with Gasteiger partial charge in [0.05, 0.1) is 11.7 Å². The number of carbonyl (C=O) groups excluding carboxylic acids is 3. The number of benzene rings is 3. The van der Waals surface area contributed by atoms with E-state index < -0.39 is 17.5 Å². The predicted molar refractivity (Wildman–Crippen MR) is 127 cm³/mol. The smallest absolute Gasteiger partial charge is 0.325 e. The number of urea groups is 1. The molecule has 172 valence electrons. The fourth-order valence-electron chi connectivity index (χ4n) is 4.55. The summed E-state index contributed by atoms with van der Waals surface area (Å²) in [6.45, 7) is 3.52. The number of hydrogen-bond acceptors (Lipinski definition) is 4. The molecule has 1 fully saturated rings. The van der Waals surface area contributed by atoms with Gasteiger partial charge in [0, 0.05) is 0 Å². The van der Waals surface area contributed by atoms with Crippen molar-refractivity contribution in [3.05, 3.63) is 95.6 Å². The Morgan fingerprint density at radius 3 is 2.41 bits per heavy atom. The highest BCUT2D eigenvalue weighted by Crippen LogP contribution is 2.39. The average molecular weight is 456 g/mol. The molecule has 0 radical (unpaired) electrons. The zero-order valence-corrected chi connectivity index (χ0v) is 19.0. The molecule has 0 unspecified atom stereocenters. The van der Waals surface area contributed by atoms with Crippen LogP contribution in [0.15, 0.2) is 78.9 Å². The topological polar surface area (TPSA) is 79.0 Å². The van der Waals surface area contributed by atoms with Crippen molar-refractivity contribution in [3.8, 4) is 5.75 Å². The van der Waals surface area contributed by atoms with Crippen LogP contribution in [-0.4, -0.2) is 35.9 Å². The van der Waals surface area contributed by atoms with Gasteiger partial charge in [-0.1, -0.05) is 72.3 Å². The van der Waals surface area contributed by atoms with Crippen LogP contribution in [0.1, 0.15) is 29.7 Å². The molecule has 3 aromatic carbocycles. The van der Waals surface area contributed by atoms with Gasteiger partial charge < -0.3 is 10.1 Å². The number of imide groups is 1. The lowest BCUT2D eigenvalue weighted by molar-refractivity contribution is -0.134. The van der Waals surface area contributed by atoms with E-state index in [0.717, 1.165) is 16.0 Å². The molecule has 0 saturated carbocycles. The van der Waals surface area contributed by atoms with E-state index in [2.05, 4.69) is 5.32 Å². The number of rotatable bonds is 4. The molecule has 1 N–H and O–H groups in total. The lowest BCUT2D eigenvalue weighted by Gasteiger charge is -2.37. The van der Waals surface area contributed by atoms with Gasteiger partial charge >= 0.3 is 6.03 Å². The fourth-order valence-corrected chi connectivity index (χ4v) is 4.55. The minimum absolute atomic E-state index is 0.272. The van der Waals surface area contributed by atoms with Gasteiger partial charge in [0.15, 0.2) is 0 Å². The van der Waals surface area contributed by atoms with Gasteiger partial charge in [-0.15, -0.1) is 0 Å². The van der Waals surface area contributed by atoms with Crippen molar-refractivity contribution in [2.24, 2.45) is 0 Å². The van der Waals surface area contributed by atoms with E-state index in [9.17, 15) is 14.4 Å². The number of nitrogens with zero attached hydrogens (tertiary/aromatic N) is 2. The Balaban J connectivity index is 1.45. The van der Waals surface area contributed by atoms with Gasteiger partial charge in [0.2, 0.25) is 5.91 Å². The molecule has 4 amide bonds. The van der Waals surface area contributed by atoms with Gasteiger partial charge in [-0.2, -0.15) is 0 Å². The first-order chi connectivity index (χ1) is 16.4. The molecule has 0 spiro atoms. The highest BCUT2D eigenvalue weighted by Gasteiger charge is 2.50. The van der Waals surface area contributed by atoms with Crippen LogP contribution in [0.3, 0.4) is 0 Å². The molecule has 7 nitrogen and oxygen atoms in total. The number of fused-ring (bicyclic) bond motifs is 1. The summed E-state index contributed by atoms with van der Waals surface area (Å²) >= 11 is 0. The van der Waals surface area contributed by atoms with Crippen LogP contribution < -0.4 is 15.0 Å². The predicted octanol–water partition coefficient (Wildman–Crippen LogP) is 3.93. The Hall–Kier alpha value is -4.13. The standard InChI is InChI=1S/C27H25N3O4/c1-18-12-14-20(15-13-18)27(2)25(32)29(26(33)28-27)16-24(31)30-21-10-6-7-11-23(21)34-17-22(30)19-8-4-3-5-9-19/h3-15,22H,16-17H2,1-2H3,(H,28,33)/t22-,27-/m0/s1. The summed E-state index contributed by atoms with van der Waals surface area (Å²) in [5.41, 5.74) is 2.01. The summed E-state index contributed by atoms with van der Waals surface area (Å²) in [5.74, 6) is -0.224. The average Bonchev–Trinajstić information content (AvgIpc) is 3.07. The van der Waals surface area contributed by atoms with E-state index in [0.29, 0.717) is 17.0 Å². The highest BCUT2D eigenvalue weighted by atomic mass is 16.5. The van der Waals surface area contributed by atoms with Crippen LogP contribution in [0, 0.1) is 6.92 Å². The SMILES string of the molecule is Cc1ccc([C@]2(C)NC(=O)N(CC(=O)N3c4ccccc4OC[C@H]3c3ccccc3)C2=O)cc1. The third-order valence-electron chi connectivity index (χ3n) is 6.48. The third kappa shape index (κ3) is 3.59. The Kier molecular flexibility index (Phi) is 5.32. The van der Waals surface area contributed by atoms with E-state index in [1.54, 1.807) is 17.9 Å². The van der Waals surface area contributed by atoms with Crippen LogP contribution in [0.2, 0.25) is 0 Å². The van der Waals surface area contributed by atoms with E-state index in [1.807, 2.05) is 79.7 Å². The molecule has 0 aromatic heterocycles. The minimum Gasteiger partial charge on any atom is -0.489 e. The second-order valence-electron chi connectivity index (χ2n) is 8.78. The van der Waals surface area contributed by atoms with Crippen molar-refractivity contribution >= 4 is 23.5 Å². The molecule has 2 heterocycles. The Morgan fingerprint density at radius 2 is 1.68 bits per heavy atom. The molecular weight excluding hydrogens is 430 g/mol. The van der Waals surface area contributed by atoms with Crippen molar-refractivity contribution < 1.29 is 19.1 Å². The normalized spacial score (nSPS) is 21.6. The first kappa shape index (κ1) is 21.7. The van der Waals surface area contributed by atoms with Crippen LogP contribution in [0.4, 0.5) is 10.5 Å². The Morgan fingerprint density at radius 1 is 1.00 bits per heavy atom. The van der Waals surface area contributed by atoms with Crippen molar-refractivity contribution in [2.75, 3.05) is 18.1 Å². The number of nitrogens with one attached hydrogen (secondary N) is 1. The monoisotopic (exact) mass is 455 g/mol. The molecule has 2 aliphatic heterocycles. The summed E-state index contributed by atoms with van der Waals surface area (Å²) in [5, 5.41) is 2.78. The summed E-state index contributed by atoms with van der Waals surface area (Å²) in [6, 6.07) is 23.3. The van der Waals surface area contributed by atoms with Crippen LogP contribution in [-0.2, 0) is 15.1 Å². The molecular formula is C27H25N3O4. The van der Waals surface area contributed by atoms with Crippen molar-refractivity contribution in [1.29, 1.82) is 0 Å². The van der Waals surface area contributed by atoms with Crippen LogP contribution in [0.5, 0.6) is 5.75 Å². The zero-order valence-electron chi connectivity index (χ0n) is 19.0. The fraction of sp³-hybridized carbons (Fsp3) is 0.222.